The lowest BCUT2D eigenvalue weighted by molar-refractivity contribution is -0.388. The van der Waals surface area contributed by atoms with Crippen LogP contribution in [0.15, 0.2) is 12.1 Å². The Morgan fingerprint density at radius 3 is 2.29 bits per heavy atom. The van der Waals surface area contributed by atoms with E-state index in [1.807, 2.05) is 0 Å². The van der Waals surface area contributed by atoms with Gasteiger partial charge in [0.05, 0.1) is 10.6 Å². The van der Waals surface area contributed by atoms with Crippen LogP contribution in [0.25, 0.3) is 0 Å². The van der Waals surface area contributed by atoms with Crippen LogP contribution < -0.4 is 4.90 Å². The molecule has 0 bridgehead atoms. The van der Waals surface area contributed by atoms with Crippen molar-refractivity contribution in [1.82, 2.24) is 0 Å². The van der Waals surface area contributed by atoms with Crippen LogP contribution in [0.3, 0.4) is 0 Å². The molecule has 1 amide bonds. The highest BCUT2D eigenvalue weighted by Gasteiger charge is 2.43. The molecular formula is C12H13F3N2O4. The second-order valence-corrected chi connectivity index (χ2v) is 4.63. The smallest absolute Gasteiger partial charge is 0.426 e. The number of amides is 1. The van der Waals surface area contributed by atoms with Gasteiger partial charge in [-0.05, 0) is 6.07 Å². The number of nitrogens with zero attached hydrogens (tertiary/aromatic N) is 2. The largest absolute Gasteiger partial charge is 0.505 e. The van der Waals surface area contributed by atoms with E-state index in [1.165, 1.54) is 20.9 Å². The molecule has 1 aromatic carbocycles. The lowest BCUT2D eigenvalue weighted by atomic mass is 10.1. The molecule has 0 saturated carbocycles. The summed E-state index contributed by atoms with van der Waals surface area (Å²) >= 11 is 0. The zero-order valence-electron chi connectivity index (χ0n) is 11.4. The van der Waals surface area contributed by atoms with E-state index in [0.29, 0.717) is 6.07 Å². The van der Waals surface area contributed by atoms with Crippen molar-refractivity contribution in [3.8, 4) is 5.75 Å². The normalized spacial score (nSPS) is 11.6. The number of halogens is 3. The molecule has 0 aliphatic heterocycles. The van der Waals surface area contributed by atoms with Gasteiger partial charge in [-0.3, -0.25) is 14.9 Å². The predicted octanol–water partition coefficient (Wildman–Crippen LogP) is 2.94. The van der Waals surface area contributed by atoms with Gasteiger partial charge in [-0.25, -0.2) is 0 Å². The van der Waals surface area contributed by atoms with E-state index in [1.54, 1.807) is 0 Å². The number of aromatic hydroxyl groups is 1. The summed E-state index contributed by atoms with van der Waals surface area (Å²) in [6, 6.07) is 1.52. The number of phenolic OH excluding ortho intramolecular Hbond substituents is 1. The van der Waals surface area contributed by atoms with Gasteiger partial charge in [-0.2, -0.15) is 13.2 Å². The quantitative estimate of drug-likeness (QED) is 0.687. The van der Waals surface area contributed by atoms with Crippen molar-refractivity contribution in [2.75, 3.05) is 11.9 Å². The van der Waals surface area contributed by atoms with Crippen LogP contribution >= 0.6 is 0 Å². The first-order chi connectivity index (χ1) is 9.48. The van der Waals surface area contributed by atoms with Crippen molar-refractivity contribution < 1.29 is 28.0 Å². The molecule has 0 spiro atoms. The summed E-state index contributed by atoms with van der Waals surface area (Å²) in [5.74, 6) is -2.39. The molecule has 0 aliphatic carbocycles. The Morgan fingerprint density at radius 1 is 1.38 bits per heavy atom. The molecule has 0 aliphatic rings. The fourth-order valence-electron chi connectivity index (χ4n) is 1.78. The average Bonchev–Trinajstić information content (AvgIpc) is 2.34. The van der Waals surface area contributed by atoms with Crippen molar-refractivity contribution in [2.24, 2.45) is 5.92 Å². The first-order valence-corrected chi connectivity index (χ1v) is 5.83. The monoisotopic (exact) mass is 306 g/mol. The Hall–Kier alpha value is -2.32. The maximum Gasteiger partial charge on any atom is 0.426 e. The number of nitro benzene ring substituents is 1. The number of carbonyl (C=O) groups is 1. The van der Waals surface area contributed by atoms with Crippen LogP contribution in [-0.4, -0.2) is 23.0 Å². The van der Waals surface area contributed by atoms with Gasteiger partial charge in [0.15, 0.2) is 11.3 Å². The van der Waals surface area contributed by atoms with Crippen LogP contribution in [0, 0.1) is 16.0 Å². The van der Waals surface area contributed by atoms with Crippen molar-refractivity contribution in [3.05, 3.63) is 27.8 Å². The third-order valence-corrected chi connectivity index (χ3v) is 2.80. The van der Waals surface area contributed by atoms with Gasteiger partial charge in [0.25, 0.3) is 5.69 Å². The number of carbonyl (C=O) groups excluding carboxylic acids is 1. The standard InChI is InChI=1S/C12H13F3N2O4/c1-6(2)11(19)16(3)8-5-4-7(17(20)21)9(10(8)18)12(13,14)15/h4-6,18H,1-3H3. The molecule has 6 nitrogen and oxygen atoms in total. The van der Waals surface area contributed by atoms with Gasteiger partial charge in [0.2, 0.25) is 5.91 Å². The summed E-state index contributed by atoms with van der Waals surface area (Å²) < 4.78 is 38.7. The van der Waals surface area contributed by atoms with Crippen LogP contribution in [0.4, 0.5) is 24.5 Å². The fourth-order valence-corrected chi connectivity index (χ4v) is 1.78. The molecule has 9 heteroatoms. The summed E-state index contributed by atoms with van der Waals surface area (Å²) in [5, 5.41) is 20.4. The second-order valence-electron chi connectivity index (χ2n) is 4.63. The minimum absolute atomic E-state index is 0.438. The Balaban J connectivity index is 3.53. The molecule has 0 saturated heterocycles. The summed E-state index contributed by atoms with van der Waals surface area (Å²) in [4.78, 5) is 22.0. The number of benzene rings is 1. The van der Waals surface area contributed by atoms with E-state index >= 15 is 0 Å². The molecule has 116 valence electrons. The number of rotatable bonds is 3. The number of hydrogen-bond acceptors (Lipinski definition) is 4. The molecule has 1 rings (SSSR count). The fraction of sp³-hybridized carbons (Fsp3) is 0.417. The van der Waals surface area contributed by atoms with E-state index in [-0.39, 0.29) is 0 Å². The SMILES string of the molecule is CC(C)C(=O)N(C)c1ccc([N+](=O)[O-])c(C(F)(F)F)c1O. The van der Waals surface area contributed by atoms with Gasteiger partial charge in [-0.15, -0.1) is 0 Å². The summed E-state index contributed by atoms with van der Waals surface area (Å²) in [5.41, 5.74) is -3.48. The molecule has 21 heavy (non-hydrogen) atoms. The molecule has 0 radical (unpaired) electrons. The van der Waals surface area contributed by atoms with E-state index in [0.717, 1.165) is 11.0 Å². The van der Waals surface area contributed by atoms with Crippen LogP contribution in [0.1, 0.15) is 19.4 Å². The van der Waals surface area contributed by atoms with Crippen molar-refractivity contribution in [2.45, 2.75) is 20.0 Å². The first-order valence-electron chi connectivity index (χ1n) is 5.83. The zero-order valence-corrected chi connectivity index (χ0v) is 11.4. The minimum atomic E-state index is -5.12. The van der Waals surface area contributed by atoms with Gasteiger partial charge in [0, 0.05) is 19.0 Å². The Bertz CT molecular complexity index is 585. The molecule has 1 aromatic rings. The highest BCUT2D eigenvalue weighted by atomic mass is 19.4. The number of phenols is 1. The lowest BCUT2D eigenvalue weighted by Gasteiger charge is -2.22. The molecule has 0 fully saturated rings. The Morgan fingerprint density at radius 2 is 1.90 bits per heavy atom. The number of hydrogen-bond donors (Lipinski definition) is 1. The van der Waals surface area contributed by atoms with Crippen molar-refractivity contribution in [3.63, 3.8) is 0 Å². The van der Waals surface area contributed by atoms with E-state index in [2.05, 4.69) is 0 Å². The summed E-state index contributed by atoms with van der Waals surface area (Å²) in [7, 11) is 1.18. The number of anilines is 1. The van der Waals surface area contributed by atoms with Crippen LogP contribution in [-0.2, 0) is 11.0 Å². The molecule has 0 heterocycles. The Labute approximate surface area is 117 Å². The topological polar surface area (TPSA) is 83.7 Å². The third-order valence-electron chi connectivity index (χ3n) is 2.80. The van der Waals surface area contributed by atoms with E-state index in [4.69, 9.17) is 0 Å². The van der Waals surface area contributed by atoms with Crippen molar-refractivity contribution >= 4 is 17.3 Å². The van der Waals surface area contributed by atoms with Gasteiger partial charge >= 0.3 is 6.18 Å². The third kappa shape index (κ3) is 3.23. The predicted molar refractivity (Wildman–Crippen MR) is 68.0 cm³/mol. The lowest BCUT2D eigenvalue weighted by Crippen LogP contribution is -2.30. The summed E-state index contributed by atoms with van der Waals surface area (Å²) in [6.45, 7) is 3.07. The van der Waals surface area contributed by atoms with Crippen LogP contribution in [0.5, 0.6) is 5.75 Å². The Kier molecular flexibility index (Phi) is 4.45. The highest BCUT2D eigenvalue weighted by Crippen LogP contribution is 2.46. The average molecular weight is 306 g/mol. The van der Waals surface area contributed by atoms with Gasteiger partial charge in [-0.1, -0.05) is 13.8 Å². The minimum Gasteiger partial charge on any atom is -0.505 e. The van der Waals surface area contributed by atoms with E-state index in [9.17, 15) is 33.2 Å². The summed E-state index contributed by atoms with van der Waals surface area (Å²) in [6.07, 6.45) is -5.12. The number of alkyl halides is 3. The van der Waals surface area contributed by atoms with Gasteiger partial charge < -0.3 is 10.0 Å². The maximum absolute atomic E-state index is 12.9. The molecule has 0 aromatic heterocycles. The number of nitro groups is 1. The maximum atomic E-state index is 12.9. The zero-order chi connectivity index (χ0) is 16.5. The first kappa shape index (κ1) is 16.7. The molecule has 0 atom stereocenters. The molecule has 0 unspecified atom stereocenters. The van der Waals surface area contributed by atoms with E-state index < -0.39 is 45.6 Å². The van der Waals surface area contributed by atoms with Gasteiger partial charge in [0.1, 0.15) is 0 Å². The van der Waals surface area contributed by atoms with Crippen molar-refractivity contribution in [1.29, 1.82) is 0 Å². The highest BCUT2D eigenvalue weighted by molar-refractivity contribution is 5.96. The van der Waals surface area contributed by atoms with Crippen LogP contribution in [0.2, 0.25) is 0 Å². The molecule has 1 N–H and O–H groups in total. The molecular weight excluding hydrogens is 293 g/mol. The second kappa shape index (κ2) is 5.58.